The fourth-order valence-electron chi connectivity index (χ4n) is 2.06. The molecule has 2 aromatic rings. The summed E-state index contributed by atoms with van der Waals surface area (Å²) in [6.07, 6.45) is 0.154. The first kappa shape index (κ1) is 15.5. The zero-order valence-corrected chi connectivity index (χ0v) is 11.6. The Morgan fingerprint density at radius 1 is 1.14 bits per heavy atom. The quantitative estimate of drug-likeness (QED) is 0.503. The molecule has 0 atom stereocenters. The molecule has 22 heavy (non-hydrogen) atoms. The third kappa shape index (κ3) is 3.22. The van der Waals surface area contributed by atoms with E-state index in [-0.39, 0.29) is 35.4 Å². The van der Waals surface area contributed by atoms with E-state index in [1.54, 1.807) is 0 Å². The van der Waals surface area contributed by atoms with Gasteiger partial charge in [-0.1, -0.05) is 24.3 Å². The van der Waals surface area contributed by atoms with Crippen molar-refractivity contribution in [3.05, 3.63) is 47.8 Å². The van der Waals surface area contributed by atoms with Crippen molar-refractivity contribution in [2.75, 3.05) is 0 Å². The van der Waals surface area contributed by atoms with Gasteiger partial charge in [0.25, 0.3) is 0 Å². The number of phenols is 2. The van der Waals surface area contributed by atoms with Crippen molar-refractivity contribution in [3.63, 3.8) is 0 Å². The van der Waals surface area contributed by atoms with Crippen LogP contribution in [0, 0.1) is 11.2 Å². The number of primary amides is 1. The number of rotatable bonds is 5. The maximum Gasteiger partial charge on any atom is 0.217 e. The lowest BCUT2D eigenvalue weighted by Crippen LogP contribution is -2.12. The second-order valence-electron chi connectivity index (χ2n) is 4.81. The Hall–Kier alpha value is -2.89. The number of para-hydroxylation sites is 1. The first-order valence-electron chi connectivity index (χ1n) is 6.57. The summed E-state index contributed by atoms with van der Waals surface area (Å²) in [6.45, 7) is 0. The maximum absolute atomic E-state index is 14.2. The highest BCUT2D eigenvalue weighted by molar-refractivity contribution is 6.00. The molecule has 0 saturated carbocycles. The monoisotopic (exact) mass is 302 g/mol. The van der Waals surface area contributed by atoms with E-state index < -0.39 is 17.5 Å². The van der Waals surface area contributed by atoms with Gasteiger partial charge in [-0.2, -0.15) is 0 Å². The molecule has 0 aliphatic carbocycles. The fraction of sp³-hybridized carbons (Fsp3) is 0.125. The summed E-state index contributed by atoms with van der Waals surface area (Å²) >= 11 is 0. The molecule has 2 aromatic carbocycles. The van der Waals surface area contributed by atoms with Crippen LogP contribution in [0.5, 0.6) is 11.5 Å². The highest BCUT2D eigenvalue weighted by atomic mass is 19.1. The minimum absolute atomic E-state index is 0.0234. The number of carbonyl (C=O) groups is 1. The van der Waals surface area contributed by atoms with Crippen LogP contribution in [-0.2, 0) is 4.79 Å². The van der Waals surface area contributed by atoms with Crippen molar-refractivity contribution in [2.24, 2.45) is 5.73 Å². The van der Waals surface area contributed by atoms with Gasteiger partial charge in [-0.15, -0.1) is 0 Å². The highest BCUT2D eigenvalue weighted by Gasteiger charge is 2.14. The number of aromatic hydroxyl groups is 2. The normalized spacial score (nSPS) is 10.4. The topological polar surface area (TPSA) is 107 Å². The first-order valence-corrected chi connectivity index (χ1v) is 6.57. The van der Waals surface area contributed by atoms with Gasteiger partial charge in [-0.25, -0.2) is 4.39 Å². The molecule has 0 radical (unpaired) electrons. The average Bonchev–Trinajstić information content (AvgIpc) is 2.48. The number of nitrogens with two attached hydrogens (primary N) is 1. The largest absolute Gasteiger partial charge is 0.504 e. The van der Waals surface area contributed by atoms with Crippen molar-refractivity contribution in [3.8, 4) is 22.6 Å². The van der Waals surface area contributed by atoms with Crippen LogP contribution in [0.3, 0.4) is 0 Å². The fourth-order valence-corrected chi connectivity index (χ4v) is 2.06. The Labute approximate surface area is 126 Å². The Balaban J connectivity index is 2.32. The van der Waals surface area contributed by atoms with E-state index in [4.69, 9.17) is 11.1 Å². The summed E-state index contributed by atoms with van der Waals surface area (Å²) in [5.41, 5.74) is 5.73. The smallest absolute Gasteiger partial charge is 0.217 e. The van der Waals surface area contributed by atoms with Gasteiger partial charge >= 0.3 is 0 Å². The van der Waals surface area contributed by atoms with Gasteiger partial charge in [0, 0.05) is 23.3 Å². The van der Waals surface area contributed by atoms with E-state index in [9.17, 15) is 19.4 Å². The standard InChI is InChI=1S/C16H15FN2O3/c17-12-8-9(13(18)6-7-15(19)21)4-5-10(12)11-2-1-3-14(20)16(11)22/h1-5,8,18,20,22H,6-7H2,(H2,19,21). The van der Waals surface area contributed by atoms with Crippen molar-refractivity contribution >= 4 is 11.6 Å². The summed E-state index contributed by atoms with van der Waals surface area (Å²) in [6, 6.07) is 8.36. The maximum atomic E-state index is 14.2. The number of amides is 1. The van der Waals surface area contributed by atoms with Gasteiger partial charge in [0.15, 0.2) is 11.5 Å². The zero-order valence-electron chi connectivity index (χ0n) is 11.6. The molecule has 0 aromatic heterocycles. The van der Waals surface area contributed by atoms with E-state index in [0.29, 0.717) is 5.56 Å². The molecule has 0 unspecified atom stereocenters. The van der Waals surface area contributed by atoms with Crippen LogP contribution in [0.4, 0.5) is 4.39 Å². The molecule has 0 fully saturated rings. The Morgan fingerprint density at radius 2 is 1.86 bits per heavy atom. The minimum Gasteiger partial charge on any atom is -0.504 e. The summed E-state index contributed by atoms with van der Waals surface area (Å²) in [7, 11) is 0. The number of phenolic OH excluding ortho intramolecular Hbond substituents is 2. The lowest BCUT2D eigenvalue weighted by atomic mass is 9.99. The summed E-state index contributed by atoms with van der Waals surface area (Å²) in [4.78, 5) is 10.7. The van der Waals surface area contributed by atoms with Gasteiger partial charge in [0.2, 0.25) is 5.91 Å². The third-order valence-electron chi connectivity index (χ3n) is 3.24. The molecule has 114 valence electrons. The summed E-state index contributed by atoms with van der Waals surface area (Å²) < 4.78 is 14.2. The van der Waals surface area contributed by atoms with Crippen LogP contribution >= 0.6 is 0 Å². The number of carbonyl (C=O) groups excluding carboxylic acids is 1. The van der Waals surface area contributed by atoms with E-state index in [1.165, 1.54) is 30.3 Å². The minimum atomic E-state index is -0.637. The van der Waals surface area contributed by atoms with Crippen LogP contribution in [0.1, 0.15) is 18.4 Å². The number of hydrogen-bond acceptors (Lipinski definition) is 4. The molecule has 0 saturated heterocycles. The predicted octanol–water partition coefficient (Wildman–Crippen LogP) is 2.54. The third-order valence-corrected chi connectivity index (χ3v) is 3.24. The number of hydrogen-bond donors (Lipinski definition) is 4. The first-order chi connectivity index (χ1) is 10.4. The molecule has 0 aliphatic heterocycles. The molecule has 0 heterocycles. The van der Waals surface area contributed by atoms with E-state index >= 15 is 0 Å². The molecule has 0 aliphatic rings. The lowest BCUT2D eigenvalue weighted by Gasteiger charge is -2.09. The molecule has 0 bridgehead atoms. The van der Waals surface area contributed by atoms with Crippen molar-refractivity contribution in [1.82, 2.24) is 0 Å². The van der Waals surface area contributed by atoms with Gasteiger partial charge in [-0.05, 0) is 24.1 Å². The van der Waals surface area contributed by atoms with Gasteiger partial charge in [-0.3, -0.25) is 4.79 Å². The van der Waals surface area contributed by atoms with Crippen molar-refractivity contribution in [2.45, 2.75) is 12.8 Å². The van der Waals surface area contributed by atoms with Gasteiger partial charge in [0.05, 0.1) is 0 Å². The van der Waals surface area contributed by atoms with Crippen molar-refractivity contribution in [1.29, 1.82) is 5.41 Å². The lowest BCUT2D eigenvalue weighted by molar-refractivity contribution is -0.117. The summed E-state index contributed by atoms with van der Waals surface area (Å²) in [5, 5.41) is 27.1. The van der Waals surface area contributed by atoms with Crippen LogP contribution in [0.25, 0.3) is 11.1 Å². The van der Waals surface area contributed by atoms with Crippen LogP contribution in [0.15, 0.2) is 36.4 Å². The predicted molar refractivity (Wildman–Crippen MR) is 80.4 cm³/mol. The molecule has 0 spiro atoms. The molecular formula is C16H15FN2O3. The number of benzene rings is 2. The second kappa shape index (κ2) is 6.26. The Kier molecular flexibility index (Phi) is 4.41. The van der Waals surface area contributed by atoms with E-state index in [1.807, 2.05) is 0 Å². The Bertz CT molecular complexity index is 744. The summed E-state index contributed by atoms with van der Waals surface area (Å²) in [5.74, 6) is -1.90. The molecule has 6 heteroatoms. The second-order valence-corrected chi connectivity index (χ2v) is 4.81. The van der Waals surface area contributed by atoms with E-state index in [2.05, 4.69) is 0 Å². The SMILES string of the molecule is N=C(CCC(N)=O)c1ccc(-c2cccc(O)c2O)c(F)c1. The van der Waals surface area contributed by atoms with Crippen LogP contribution in [0.2, 0.25) is 0 Å². The average molecular weight is 302 g/mol. The van der Waals surface area contributed by atoms with E-state index in [0.717, 1.165) is 6.07 Å². The zero-order chi connectivity index (χ0) is 16.3. The van der Waals surface area contributed by atoms with Gasteiger partial charge in [0.1, 0.15) is 5.82 Å². The van der Waals surface area contributed by atoms with Crippen molar-refractivity contribution < 1.29 is 19.4 Å². The molecular weight excluding hydrogens is 287 g/mol. The number of halogens is 1. The van der Waals surface area contributed by atoms with Crippen LogP contribution < -0.4 is 5.73 Å². The Morgan fingerprint density at radius 3 is 2.50 bits per heavy atom. The van der Waals surface area contributed by atoms with Crippen LogP contribution in [-0.4, -0.2) is 21.8 Å². The highest BCUT2D eigenvalue weighted by Crippen LogP contribution is 2.37. The molecule has 2 rings (SSSR count). The molecule has 5 N–H and O–H groups in total. The van der Waals surface area contributed by atoms with Gasteiger partial charge < -0.3 is 21.4 Å². The number of nitrogens with one attached hydrogen (secondary N) is 1. The molecule has 5 nitrogen and oxygen atoms in total. The molecule has 1 amide bonds.